The van der Waals surface area contributed by atoms with E-state index in [0.29, 0.717) is 0 Å². The van der Waals surface area contributed by atoms with Crippen LogP contribution in [-0.4, -0.2) is 0 Å². The Balaban J connectivity index is 1.80. The number of unbranched alkanes of at least 4 members (excludes halogenated alkanes) is 4. The molecule has 110 valence electrons. The van der Waals surface area contributed by atoms with Gasteiger partial charge in [-0.1, -0.05) is 99.4 Å². The SMILES string of the molecule is CCCCCCCc1ccc(C=Cc2ccccc2)cc1. The van der Waals surface area contributed by atoms with E-state index in [1.807, 2.05) is 6.07 Å². The maximum atomic E-state index is 2.27. The van der Waals surface area contributed by atoms with E-state index in [1.54, 1.807) is 0 Å². The van der Waals surface area contributed by atoms with Crippen LogP contribution >= 0.6 is 0 Å². The predicted molar refractivity (Wildman–Crippen MR) is 94.3 cm³/mol. The summed E-state index contributed by atoms with van der Waals surface area (Å²) in [5.41, 5.74) is 3.98. The molecule has 0 aromatic heterocycles. The fourth-order valence-corrected chi connectivity index (χ4v) is 2.48. The van der Waals surface area contributed by atoms with E-state index in [-0.39, 0.29) is 0 Å². The quantitative estimate of drug-likeness (QED) is 0.389. The van der Waals surface area contributed by atoms with E-state index in [1.165, 1.54) is 55.2 Å². The first-order chi connectivity index (χ1) is 10.4. The minimum absolute atomic E-state index is 1.21. The summed E-state index contributed by atoms with van der Waals surface area (Å²) >= 11 is 0. The van der Waals surface area contributed by atoms with Gasteiger partial charge in [0.1, 0.15) is 0 Å². The number of benzene rings is 2. The molecule has 0 saturated carbocycles. The van der Waals surface area contributed by atoms with Crippen molar-refractivity contribution in [2.24, 2.45) is 0 Å². The van der Waals surface area contributed by atoms with E-state index in [2.05, 4.69) is 67.6 Å². The first kappa shape index (κ1) is 15.6. The first-order valence-electron chi connectivity index (χ1n) is 8.20. The molecule has 0 heteroatoms. The van der Waals surface area contributed by atoms with Crippen molar-refractivity contribution in [2.75, 3.05) is 0 Å². The minimum Gasteiger partial charge on any atom is -0.0654 e. The van der Waals surface area contributed by atoms with Gasteiger partial charge in [0, 0.05) is 0 Å². The number of rotatable bonds is 8. The van der Waals surface area contributed by atoms with Gasteiger partial charge in [0.15, 0.2) is 0 Å². The highest BCUT2D eigenvalue weighted by Crippen LogP contribution is 2.12. The number of hydrogen-bond acceptors (Lipinski definition) is 0. The van der Waals surface area contributed by atoms with Crippen LogP contribution in [0.3, 0.4) is 0 Å². The predicted octanol–water partition coefficient (Wildman–Crippen LogP) is 6.37. The Hall–Kier alpha value is -1.82. The average molecular weight is 278 g/mol. The molecule has 0 nitrogen and oxygen atoms in total. The normalized spacial score (nSPS) is 11.1. The second-order valence-corrected chi connectivity index (χ2v) is 5.65. The zero-order valence-corrected chi connectivity index (χ0v) is 13.1. The second kappa shape index (κ2) is 9.18. The van der Waals surface area contributed by atoms with Crippen LogP contribution in [0.25, 0.3) is 12.2 Å². The molecule has 2 aromatic rings. The Kier molecular flexibility index (Phi) is 6.80. The lowest BCUT2D eigenvalue weighted by atomic mass is 10.0. The Bertz CT molecular complexity index is 520. The van der Waals surface area contributed by atoms with E-state index < -0.39 is 0 Å². The van der Waals surface area contributed by atoms with Crippen molar-refractivity contribution in [3.63, 3.8) is 0 Å². The summed E-state index contributed by atoms with van der Waals surface area (Å²) in [6, 6.07) is 19.4. The van der Waals surface area contributed by atoms with Crippen molar-refractivity contribution in [1.29, 1.82) is 0 Å². The smallest absolute Gasteiger partial charge is 0.0256 e. The summed E-state index contributed by atoms with van der Waals surface area (Å²) in [4.78, 5) is 0. The highest BCUT2D eigenvalue weighted by atomic mass is 14.0. The third-order valence-electron chi connectivity index (χ3n) is 3.82. The van der Waals surface area contributed by atoms with Crippen LogP contribution < -0.4 is 0 Å². The molecule has 0 atom stereocenters. The van der Waals surface area contributed by atoms with Crippen molar-refractivity contribution in [3.05, 3.63) is 71.3 Å². The molecule has 0 aliphatic carbocycles. The van der Waals surface area contributed by atoms with Crippen molar-refractivity contribution in [2.45, 2.75) is 45.4 Å². The van der Waals surface area contributed by atoms with Gasteiger partial charge in [-0.2, -0.15) is 0 Å². The molecule has 0 amide bonds. The second-order valence-electron chi connectivity index (χ2n) is 5.65. The third-order valence-corrected chi connectivity index (χ3v) is 3.82. The summed E-state index contributed by atoms with van der Waals surface area (Å²) in [5.74, 6) is 0. The number of aryl methyl sites for hydroxylation is 1. The molecule has 0 heterocycles. The zero-order valence-electron chi connectivity index (χ0n) is 13.1. The third kappa shape index (κ3) is 5.99. The maximum absolute atomic E-state index is 2.27. The van der Waals surface area contributed by atoms with Crippen LogP contribution in [0.1, 0.15) is 55.7 Å². The van der Waals surface area contributed by atoms with E-state index in [0.717, 1.165) is 0 Å². The molecule has 2 rings (SSSR count). The highest BCUT2D eigenvalue weighted by molar-refractivity contribution is 5.69. The van der Waals surface area contributed by atoms with Crippen LogP contribution in [0.2, 0.25) is 0 Å². The molecule has 0 unspecified atom stereocenters. The molecular weight excluding hydrogens is 252 g/mol. The molecular formula is C21H26. The lowest BCUT2D eigenvalue weighted by Crippen LogP contribution is -1.86. The summed E-state index contributed by atoms with van der Waals surface area (Å²) in [5, 5.41) is 0. The molecule has 0 saturated heterocycles. The lowest BCUT2D eigenvalue weighted by molar-refractivity contribution is 0.632. The van der Waals surface area contributed by atoms with Gasteiger partial charge in [-0.25, -0.2) is 0 Å². The minimum atomic E-state index is 1.21. The highest BCUT2D eigenvalue weighted by Gasteiger charge is 1.94. The monoisotopic (exact) mass is 278 g/mol. The summed E-state index contributed by atoms with van der Waals surface area (Å²) < 4.78 is 0. The molecule has 0 aliphatic heterocycles. The molecule has 0 fully saturated rings. The Morgan fingerprint density at radius 3 is 1.95 bits per heavy atom. The molecule has 21 heavy (non-hydrogen) atoms. The molecule has 0 spiro atoms. The molecule has 0 bridgehead atoms. The van der Waals surface area contributed by atoms with Crippen molar-refractivity contribution >= 4 is 12.2 Å². The van der Waals surface area contributed by atoms with E-state index >= 15 is 0 Å². The van der Waals surface area contributed by atoms with Gasteiger partial charge >= 0.3 is 0 Å². The van der Waals surface area contributed by atoms with Gasteiger partial charge in [0.05, 0.1) is 0 Å². The van der Waals surface area contributed by atoms with Gasteiger partial charge in [0.25, 0.3) is 0 Å². The standard InChI is InChI=1S/C21H26/c1-2-3-4-5-7-12-20-14-17-21(18-15-20)16-13-19-10-8-6-9-11-19/h6,8-11,13-18H,2-5,7,12H2,1H3. The van der Waals surface area contributed by atoms with Crippen LogP contribution in [-0.2, 0) is 6.42 Å². The van der Waals surface area contributed by atoms with Crippen molar-refractivity contribution in [3.8, 4) is 0 Å². The molecule has 0 radical (unpaired) electrons. The van der Waals surface area contributed by atoms with Gasteiger partial charge in [-0.15, -0.1) is 0 Å². The largest absolute Gasteiger partial charge is 0.0654 e. The van der Waals surface area contributed by atoms with E-state index in [9.17, 15) is 0 Å². The lowest BCUT2D eigenvalue weighted by Gasteiger charge is -2.02. The van der Waals surface area contributed by atoms with Gasteiger partial charge in [-0.05, 0) is 29.5 Å². The topological polar surface area (TPSA) is 0 Å². The summed E-state index contributed by atoms with van der Waals surface area (Å²) in [6.45, 7) is 2.27. The fourth-order valence-electron chi connectivity index (χ4n) is 2.48. The van der Waals surface area contributed by atoms with Crippen LogP contribution in [0.4, 0.5) is 0 Å². The maximum Gasteiger partial charge on any atom is -0.0256 e. The average Bonchev–Trinajstić information content (AvgIpc) is 2.55. The van der Waals surface area contributed by atoms with Gasteiger partial charge in [0.2, 0.25) is 0 Å². The van der Waals surface area contributed by atoms with E-state index in [4.69, 9.17) is 0 Å². The van der Waals surface area contributed by atoms with Crippen molar-refractivity contribution in [1.82, 2.24) is 0 Å². The Labute approximate surface area is 129 Å². The molecule has 0 N–H and O–H groups in total. The molecule has 0 aliphatic rings. The summed E-state index contributed by atoms with van der Waals surface area (Å²) in [7, 11) is 0. The fraction of sp³-hybridized carbons (Fsp3) is 0.333. The van der Waals surface area contributed by atoms with Gasteiger partial charge < -0.3 is 0 Å². The first-order valence-corrected chi connectivity index (χ1v) is 8.20. The van der Waals surface area contributed by atoms with Crippen LogP contribution in [0.15, 0.2) is 54.6 Å². The summed E-state index contributed by atoms with van der Waals surface area (Å²) in [6.07, 6.45) is 12.3. The Morgan fingerprint density at radius 1 is 0.667 bits per heavy atom. The zero-order chi connectivity index (χ0) is 14.8. The van der Waals surface area contributed by atoms with Gasteiger partial charge in [-0.3, -0.25) is 0 Å². The van der Waals surface area contributed by atoms with Crippen LogP contribution in [0, 0.1) is 0 Å². The Morgan fingerprint density at radius 2 is 1.29 bits per heavy atom. The number of hydrogen-bond donors (Lipinski definition) is 0. The van der Waals surface area contributed by atoms with Crippen LogP contribution in [0.5, 0.6) is 0 Å². The molecule has 2 aromatic carbocycles. The van der Waals surface area contributed by atoms with Crippen molar-refractivity contribution < 1.29 is 0 Å².